The molecule has 2 N–H and O–H groups in total. The third-order valence-corrected chi connectivity index (χ3v) is 2.39. The lowest BCUT2D eigenvalue weighted by atomic mass is 9.91. The zero-order valence-electron chi connectivity index (χ0n) is 5.86. The van der Waals surface area contributed by atoms with Crippen LogP contribution in [0, 0.1) is 5.92 Å². The van der Waals surface area contributed by atoms with Crippen LogP contribution in [0.5, 0.6) is 0 Å². The van der Waals surface area contributed by atoms with Crippen molar-refractivity contribution in [1.82, 2.24) is 0 Å². The molecule has 0 aliphatic heterocycles. The van der Waals surface area contributed by atoms with Crippen molar-refractivity contribution in [2.75, 3.05) is 6.67 Å². The minimum Gasteiger partial charge on any atom is -0.325 e. The predicted octanol–water partition coefficient (Wildman–Crippen LogP) is 1.47. The molecule has 0 bridgehead atoms. The zero-order valence-corrected chi connectivity index (χ0v) is 5.86. The fraction of sp³-hybridized carbons (Fsp3) is 1.00. The Morgan fingerprint density at radius 1 is 1.78 bits per heavy atom. The van der Waals surface area contributed by atoms with E-state index < -0.39 is 0 Å². The van der Waals surface area contributed by atoms with Gasteiger partial charge in [0.15, 0.2) is 0 Å². The number of nitrogens with two attached hydrogens (primary N) is 1. The topological polar surface area (TPSA) is 26.0 Å². The second kappa shape index (κ2) is 2.25. The molecule has 2 heteroatoms. The van der Waals surface area contributed by atoms with Gasteiger partial charge in [0.05, 0.1) is 6.67 Å². The highest BCUT2D eigenvalue weighted by Gasteiger charge is 2.34. The van der Waals surface area contributed by atoms with Gasteiger partial charge in [0.2, 0.25) is 0 Å². The third-order valence-electron chi connectivity index (χ3n) is 2.39. The van der Waals surface area contributed by atoms with Crippen LogP contribution in [0.2, 0.25) is 0 Å². The molecule has 0 radical (unpaired) electrons. The second-order valence-corrected chi connectivity index (χ2v) is 3.25. The second-order valence-electron chi connectivity index (χ2n) is 3.25. The molecule has 9 heavy (non-hydrogen) atoms. The molecule has 0 unspecified atom stereocenters. The molecule has 1 saturated carbocycles. The van der Waals surface area contributed by atoms with Crippen molar-refractivity contribution in [2.45, 2.75) is 31.7 Å². The Kier molecular flexibility index (Phi) is 1.75. The average Bonchev–Trinajstić information content (AvgIpc) is 2.08. The molecule has 1 aliphatic rings. The summed E-state index contributed by atoms with van der Waals surface area (Å²) in [5, 5.41) is 0. The zero-order chi connectivity index (χ0) is 6.91. The number of hydrogen-bond acceptors (Lipinski definition) is 1. The maximum atomic E-state index is 12.1. The van der Waals surface area contributed by atoms with Crippen LogP contribution in [0.25, 0.3) is 0 Å². The monoisotopic (exact) mass is 130 g/mol. The molecule has 0 aromatic rings. The number of rotatable bonds is 1. The lowest BCUT2D eigenvalue weighted by Crippen LogP contribution is -2.40. The molecular weight excluding hydrogens is 116 g/mol. The summed E-state index contributed by atoms with van der Waals surface area (Å²) in [6.07, 6.45) is 3.06. The Morgan fingerprint density at radius 3 is 2.67 bits per heavy atom. The molecule has 0 aromatic heterocycles. The van der Waals surface area contributed by atoms with E-state index in [9.17, 15) is 4.39 Å². The van der Waals surface area contributed by atoms with Crippen molar-refractivity contribution in [3.8, 4) is 0 Å². The molecule has 0 spiro atoms. The summed E-state index contributed by atoms with van der Waals surface area (Å²) in [5.41, 5.74) is 5.58. The van der Waals surface area contributed by atoms with E-state index in [-0.39, 0.29) is 18.1 Å². The van der Waals surface area contributed by atoms with Gasteiger partial charge in [-0.2, -0.15) is 0 Å². The SMILES string of the molecule is C[C@@]1(N)CCC[C@@H]1C[18F]. The van der Waals surface area contributed by atoms with Crippen molar-refractivity contribution < 1.29 is 4.39 Å². The largest absolute Gasteiger partial charge is 0.325 e. The Balaban J connectivity index is 2.52. The quantitative estimate of drug-likeness (QED) is 0.571. The van der Waals surface area contributed by atoms with Gasteiger partial charge in [-0.1, -0.05) is 6.42 Å². The maximum absolute atomic E-state index is 12.1. The standard InChI is InChI=1S/C7H14FN/c1-7(9)4-2-3-6(7)5-8/h6H,2-5,9H2,1H3/t6-,7-/m1/s1/i8-1. The fourth-order valence-corrected chi connectivity index (χ4v) is 1.52. The van der Waals surface area contributed by atoms with E-state index in [1.54, 1.807) is 0 Å². The lowest BCUT2D eigenvalue weighted by Gasteiger charge is -2.23. The van der Waals surface area contributed by atoms with Gasteiger partial charge in [-0.3, -0.25) is 4.39 Å². The van der Waals surface area contributed by atoms with Crippen molar-refractivity contribution in [3.05, 3.63) is 0 Å². The molecule has 0 amide bonds. The van der Waals surface area contributed by atoms with Crippen LogP contribution < -0.4 is 5.73 Å². The number of hydrogen-bond donors (Lipinski definition) is 1. The first-order valence-electron chi connectivity index (χ1n) is 3.51. The van der Waals surface area contributed by atoms with Gasteiger partial charge in [-0.25, -0.2) is 0 Å². The molecule has 1 fully saturated rings. The van der Waals surface area contributed by atoms with Gasteiger partial charge in [-0.05, 0) is 19.8 Å². The van der Waals surface area contributed by atoms with Crippen molar-refractivity contribution in [1.29, 1.82) is 0 Å². The highest BCUT2D eigenvalue weighted by molar-refractivity contribution is 4.92. The van der Waals surface area contributed by atoms with Gasteiger partial charge in [0.25, 0.3) is 0 Å². The average molecular weight is 130 g/mol. The van der Waals surface area contributed by atoms with E-state index >= 15 is 0 Å². The van der Waals surface area contributed by atoms with Crippen LogP contribution in [-0.2, 0) is 0 Å². The normalized spacial score (nSPS) is 43.7. The number of halogens is 1. The first-order chi connectivity index (χ1) is 4.17. The molecule has 1 aliphatic carbocycles. The van der Waals surface area contributed by atoms with Crippen LogP contribution in [0.4, 0.5) is 4.39 Å². The Bertz CT molecular complexity index is 101. The van der Waals surface area contributed by atoms with Gasteiger partial charge in [0.1, 0.15) is 0 Å². The molecule has 2 atom stereocenters. The van der Waals surface area contributed by atoms with Crippen molar-refractivity contribution in [2.24, 2.45) is 11.7 Å². The maximum Gasteiger partial charge on any atom is 0.0940 e. The van der Waals surface area contributed by atoms with E-state index in [2.05, 4.69) is 0 Å². The Hall–Kier alpha value is -0.110. The van der Waals surface area contributed by atoms with Gasteiger partial charge in [0, 0.05) is 11.5 Å². The van der Waals surface area contributed by atoms with E-state index in [1.165, 1.54) is 0 Å². The van der Waals surface area contributed by atoms with Crippen LogP contribution in [0.1, 0.15) is 26.2 Å². The predicted molar refractivity (Wildman–Crippen MR) is 35.9 cm³/mol. The van der Waals surface area contributed by atoms with E-state index in [1.807, 2.05) is 6.92 Å². The Morgan fingerprint density at radius 2 is 2.44 bits per heavy atom. The molecule has 54 valence electrons. The molecule has 0 aromatic carbocycles. The van der Waals surface area contributed by atoms with Gasteiger partial charge >= 0.3 is 0 Å². The van der Waals surface area contributed by atoms with Crippen LogP contribution >= 0.6 is 0 Å². The summed E-state index contributed by atoms with van der Waals surface area (Å²) >= 11 is 0. The van der Waals surface area contributed by atoms with E-state index in [0.717, 1.165) is 19.3 Å². The molecule has 0 saturated heterocycles. The lowest BCUT2D eigenvalue weighted by molar-refractivity contribution is 0.271. The van der Waals surface area contributed by atoms with Crippen molar-refractivity contribution in [3.63, 3.8) is 0 Å². The smallest absolute Gasteiger partial charge is 0.0940 e. The Labute approximate surface area is 55.4 Å². The summed E-state index contributed by atoms with van der Waals surface area (Å²) in [4.78, 5) is 0. The summed E-state index contributed by atoms with van der Waals surface area (Å²) in [6.45, 7) is 1.71. The molecule has 0 heterocycles. The van der Waals surface area contributed by atoms with E-state index in [0.29, 0.717) is 0 Å². The molecule has 1 nitrogen and oxygen atoms in total. The minimum atomic E-state index is -0.243. The molecular formula is C7H14FN. The van der Waals surface area contributed by atoms with Gasteiger partial charge < -0.3 is 5.73 Å². The van der Waals surface area contributed by atoms with Gasteiger partial charge in [-0.15, -0.1) is 0 Å². The summed E-state index contributed by atoms with van der Waals surface area (Å²) in [5.74, 6) is 0.123. The van der Waals surface area contributed by atoms with Crippen LogP contribution in [0.15, 0.2) is 0 Å². The fourth-order valence-electron chi connectivity index (χ4n) is 1.52. The van der Waals surface area contributed by atoms with Crippen LogP contribution in [-0.4, -0.2) is 12.2 Å². The van der Waals surface area contributed by atoms with Crippen molar-refractivity contribution >= 4 is 0 Å². The molecule has 1 rings (SSSR count). The summed E-state index contributed by atoms with van der Waals surface area (Å²) in [6, 6.07) is 0. The highest BCUT2D eigenvalue weighted by atomic mass is 18.2. The third kappa shape index (κ3) is 1.23. The number of alkyl halides is 1. The minimum absolute atomic E-state index is 0.123. The first-order valence-corrected chi connectivity index (χ1v) is 3.51. The summed E-state index contributed by atoms with van der Waals surface area (Å²) in [7, 11) is 0. The van der Waals surface area contributed by atoms with E-state index in [4.69, 9.17) is 5.73 Å². The first kappa shape index (κ1) is 7.00. The van der Waals surface area contributed by atoms with Crippen LogP contribution in [0.3, 0.4) is 0 Å². The summed E-state index contributed by atoms with van der Waals surface area (Å²) < 4.78 is 12.1. The highest BCUT2D eigenvalue weighted by Crippen LogP contribution is 2.33.